The lowest BCUT2D eigenvalue weighted by atomic mass is 10.3. The molecule has 1 aromatic rings. The molecule has 4 nitrogen and oxygen atoms in total. The number of rotatable bonds is 4. The van der Waals surface area contributed by atoms with Gasteiger partial charge in [-0.1, -0.05) is 0 Å². The van der Waals surface area contributed by atoms with Crippen molar-refractivity contribution in [3.05, 3.63) is 18.2 Å². The summed E-state index contributed by atoms with van der Waals surface area (Å²) in [5.41, 5.74) is 0. The summed E-state index contributed by atoms with van der Waals surface area (Å²) < 4.78 is 37.3. The van der Waals surface area contributed by atoms with E-state index in [1.807, 2.05) is 0 Å². The number of imidazole rings is 1. The van der Waals surface area contributed by atoms with Gasteiger partial charge in [0.2, 0.25) is 0 Å². The Balaban J connectivity index is 2.69. The van der Waals surface area contributed by atoms with Crippen LogP contribution in [0.2, 0.25) is 0 Å². The zero-order valence-corrected chi connectivity index (χ0v) is 7.78. The largest absolute Gasteiger partial charge is 0.396 e. The van der Waals surface area contributed by atoms with Crippen molar-refractivity contribution in [1.29, 1.82) is 0 Å². The number of hydrogen-bond acceptors (Lipinski definition) is 3. The van der Waals surface area contributed by atoms with E-state index in [0.717, 1.165) is 0 Å². The molecule has 0 fully saturated rings. The second-order valence-corrected chi connectivity index (χ2v) is 3.12. The van der Waals surface area contributed by atoms with E-state index in [1.165, 1.54) is 17.0 Å². The standard InChI is InChI=1S/C8H11F3N2O2/c9-8(10,11)3-7-12-1-2-13(7)4-6(15)5-14/h1-2,6,14-15H,3-5H2. The quantitative estimate of drug-likeness (QED) is 0.775. The minimum absolute atomic E-state index is 0.0953. The lowest BCUT2D eigenvalue weighted by Gasteiger charge is -2.12. The van der Waals surface area contributed by atoms with Gasteiger partial charge in [0.25, 0.3) is 0 Å². The van der Waals surface area contributed by atoms with E-state index in [1.54, 1.807) is 0 Å². The van der Waals surface area contributed by atoms with Gasteiger partial charge in [0.05, 0.1) is 19.3 Å². The van der Waals surface area contributed by atoms with E-state index in [4.69, 9.17) is 10.2 Å². The zero-order valence-electron chi connectivity index (χ0n) is 7.78. The molecule has 0 amide bonds. The van der Waals surface area contributed by atoms with Crippen LogP contribution in [0, 0.1) is 0 Å². The maximum Gasteiger partial charge on any atom is 0.396 e. The fraction of sp³-hybridized carbons (Fsp3) is 0.625. The van der Waals surface area contributed by atoms with E-state index in [0.29, 0.717) is 0 Å². The minimum Gasteiger partial charge on any atom is -0.394 e. The van der Waals surface area contributed by atoms with Gasteiger partial charge >= 0.3 is 6.18 Å². The maximum atomic E-state index is 12.1. The highest BCUT2D eigenvalue weighted by molar-refractivity contribution is 4.95. The van der Waals surface area contributed by atoms with Crippen molar-refractivity contribution in [3.63, 3.8) is 0 Å². The summed E-state index contributed by atoms with van der Waals surface area (Å²) in [6.07, 6.45) is -3.98. The highest BCUT2D eigenvalue weighted by atomic mass is 19.4. The van der Waals surface area contributed by atoms with E-state index in [2.05, 4.69) is 4.98 Å². The summed E-state index contributed by atoms with van der Waals surface area (Å²) in [6, 6.07) is 0. The highest BCUT2D eigenvalue weighted by Gasteiger charge is 2.30. The molecule has 0 saturated carbocycles. The molecule has 0 bridgehead atoms. The van der Waals surface area contributed by atoms with Gasteiger partial charge in [0.15, 0.2) is 0 Å². The molecule has 0 aliphatic rings. The number of alkyl halides is 3. The summed E-state index contributed by atoms with van der Waals surface area (Å²) in [4.78, 5) is 3.54. The van der Waals surface area contributed by atoms with Gasteiger partial charge in [-0.05, 0) is 0 Å². The van der Waals surface area contributed by atoms with Crippen molar-refractivity contribution in [1.82, 2.24) is 9.55 Å². The van der Waals surface area contributed by atoms with Crippen LogP contribution in [-0.2, 0) is 13.0 Å². The van der Waals surface area contributed by atoms with E-state index in [-0.39, 0.29) is 12.4 Å². The molecule has 1 rings (SSSR count). The topological polar surface area (TPSA) is 58.3 Å². The molecule has 1 unspecified atom stereocenters. The third kappa shape index (κ3) is 3.88. The third-order valence-electron chi connectivity index (χ3n) is 1.78. The van der Waals surface area contributed by atoms with Crippen molar-refractivity contribution in [2.24, 2.45) is 0 Å². The first-order valence-corrected chi connectivity index (χ1v) is 4.28. The first-order chi connectivity index (χ1) is 6.92. The number of halogens is 3. The first-order valence-electron chi connectivity index (χ1n) is 4.28. The van der Waals surface area contributed by atoms with Crippen molar-refractivity contribution in [2.45, 2.75) is 25.2 Å². The predicted molar refractivity (Wildman–Crippen MR) is 45.1 cm³/mol. The Morgan fingerprint density at radius 1 is 1.47 bits per heavy atom. The first kappa shape index (κ1) is 12.0. The number of nitrogens with zero attached hydrogens (tertiary/aromatic N) is 2. The molecule has 0 saturated heterocycles. The summed E-state index contributed by atoms with van der Waals surface area (Å²) >= 11 is 0. The van der Waals surface area contributed by atoms with Crippen LogP contribution in [0.25, 0.3) is 0 Å². The van der Waals surface area contributed by atoms with Crippen LogP contribution in [0.15, 0.2) is 12.4 Å². The van der Waals surface area contributed by atoms with Gasteiger partial charge < -0.3 is 14.8 Å². The van der Waals surface area contributed by atoms with Gasteiger partial charge in [-0.2, -0.15) is 13.2 Å². The van der Waals surface area contributed by atoms with E-state index < -0.39 is 25.3 Å². The van der Waals surface area contributed by atoms with Gasteiger partial charge in [0, 0.05) is 12.4 Å². The summed E-state index contributed by atoms with van der Waals surface area (Å²) in [5, 5.41) is 17.6. The van der Waals surface area contributed by atoms with Crippen molar-refractivity contribution >= 4 is 0 Å². The summed E-state index contributed by atoms with van der Waals surface area (Å²) in [6.45, 7) is -0.592. The summed E-state index contributed by atoms with van der Waals surface area (Å²) in [5.74, 6) is -0.171. The number of aromatic nitrogens is 2. The van der Waals surface area contributed by atoms with Crippen LogP contribution in [0.4, 0.5) is 13.2 Å². The Hall–Kier alpha value is -1.08. The van der Waals surface area contributed by atoms with Crippen LogP contribution in [-0.4, -0.2) is 38.7 Å². The molecular weight excluding hydrogens is 213 g/mol. The van der Waals surface area contributed by atoms with Gasteiger partial charge in [-0.15, -0.1) is 0 Å². The van der Waals surface area contributed by atoms with Gasteiger partial charge in [-0.25, -0.2) is 4.98 Å². The van der Waals surface area contributed by atoms with Crippen LogP contribution >= 0.6 is 0 Å². The second kappa shape index (κ2) is 4.63. The molecule has 0 radical (unpaired) electrons. The second-order valence-electron chi connectivity index (χ2n) is 3.12. The highest BCUT2D eigenvalue weighted by Crippen LogP contribution is 2.20. The Bertz CT molecular complexity index is 311. The zero-order chi connectivity index (χ0) is 11.5. The fourth-order valence-electron chi connectivity index (χ4n) is 1.14. The number of aliphatic hydroxyl groups excluding tert-OH is 2. The van der Waals surface area contributed by atoms with Gasteiger partial charge in [0.1, 0.15) is 12.2 Å². The fourth-order valence-corrected chi connectivity index (χ4v) is 1.14. The number of hydrogen-bond donors (Lipinski definition) is 2. The Morgan fingerprint density at radius 3 is 2.67 bits per heavy atom. The molecule has 1 aromatic heterocycles. The van der Waals surface area contributed by atoms with Crippen molar-refractivity contribution in [2.75, 3.05) is 6.61 Å². The molecule has 1 atom stereocenters. The minimum atomic E-state index is -4.33. The van der Waals surface area contributed by atoms with Gasteiger partial charge in [-0.3, -0.25) is 0 Å². The molecule has 0 aliphatic heterocycles. The Labute approximate surface area is 84.0 Å². The molecular formula is C8H11F3N2O2. The number of aliphatic hydroxyl groups is 2. The molecule has 15 heavy (non-hydrogen) atoms. The molecule has 2 N–H and O–H groups in total. The maximum absolute atomic E-state index is 12.1. The smallest absolute Gasteiger partial charge is 0.394 e. The predicted octanol–water partition coefficient (Wildman–Crippen LogP) is 0.341. The van der Waals surface area contributed by atoms with E-state index in [9.17, 15) is 13.2 Å². The van der Waals surface area contributed by atoms with E-state index >= 15 is 0 Å². The van der Waals surface area contributed by atoms with Crippen molar-refractivity contribution < 1.29 is 23.4 Å². The molecule has 1 heterocycles. The molecule has 0 spiro atoms. The lowest BCUT2D eigenvalue weighted by Crippen LogP contribution is -2.23. The normalized spacial score (nSPS) is 14.2. The SMILES string of the molecule is OCC(O)Cn1ccnc1CC(F)(F)F. The van der Waals surface area contributed by atoms with Crippen molar-refractivity contribution in [3.8, 4) is 0 Å². The average Bonchev–Trinajstić information content (AvgIpc) is 2.50. The Morgan fingerprint density at radius 2 is 2.13 bits per heavy atom. The molecule has 0 aromatic carbocycles. The van der Waals surface area contributed by atoms with Crippen LogP contribution < -0.4 is 0 Å². The van der Waals surface area contributed by atoms with Crippen LogP contribution in [0.1, 0.15) is 5.82 Å². The molecule has 0 aliphatic carbocycles. The third-order valence-corrected chi connectivity index (χ3v) is 1.78. The Kier molecular flexibility index (Phi) is 3.70. The summed E-state index contributed by atoms with van der Waals surface area (Å²) in [7, 11) is 0. The molecule has 7 heteroatoms. The lowest BCUT2D eigenvalue weighted by molar-refractivity contribution is -0.129. The monoisotopic (exact) mass is 224 g/mol. The van der Waals surface area contributed by atoms with Crippen LogP contribution in [0.3, 0.4) is 0 Å². The van der Waals surface area contributed by atoms with Crippen LogP contribution in [0.5, 0.6) is 0 Å². The molecule has 86 valence electrons. The average molecular weight is 224 g/mol.